The van der Waals surface area contributed by atoms with Gasteiger partial charge in [0.2, 0.25) is 5.88 Å². The molecule has 1 saturated heterocycles. The van der Waals surface area contributed by atoms with Gasteiger partial charge in [-0.15, -0.1) is 0 Å². The summed E-state index contributed by atoms with van der Waals surface area (Å²) in [6.07, 6.45) is -4.53. The van der Waals surface area contributed by atoms with E-state index in [0.717, 1.165) is 18.3 Å². The Kier molecular flexibility index (Phi) is 8.17. The molecule has 17 heteroatoms. The standard InChI is InChI=1S/C19H15Cl2F6N3O5S/c20-13-5-12(16(31)29-36(32,33)30-8-18(23,24)9-30)15(22)3-10(13)7-35-11-4-14(21)17(28-6-11)34-2-1-19(25,26)27/h3-6H,1-2,7-9H2,(H,29,31). The number of amides is 1. The first-order chi connectivity index (χ1) is 16.6. The summed E-state index contributed by atoms with van der Waals surface area (Å²) in [6.45, 7) is -3.30. The highest BCUT2D eigenvalue weighted by molar-refractivity contribution is 7.87. The van der Waals surface area contributed by atoms with Crippen molar-refractivity contribution in [2.24, 2.45) is 0 Å². The average molecular weight is 582 g/mol. The molecule has 1 aliphatic rings. The first kappa shape index (κ1) is 28.1. The molecule has 1 amide bonds. The van der Waals surface area contributed by atoms with Crippen molar-refractivity contribution in [1.82, 2.24) is 14.0 Å². The number of aromatic nitrogens is 1. The highest BCUT2D eigenvalue weighted by atomic mass is 35.5. The molecule has 2 aromatic rings. The van der Waals surface area contributed by atoms with Gasteiger partial charge in [-0.3, -0.25) is 4.79 Å². The predicted octanol–water partition coefficient (Wildman–Crippen LogP) is 4.36. The van der Waals surface area contributed by atoms with E-state index in [1.807, 2.05) is 0 Å². The molecule has 1 aromatic carbocycles. The Morgan fingerprint density at radius 2 is 1.81 bits per heavy atom. The molecule has 8 nitrogen and oxygen atoms in total. The van der Waals surface area contributed by atoms with Gasteiger partial charge in [0, 0.05) is 16.7 Å². The quantitative estimate of drug-likeness (QED) is 0.442. The van der Waals surface area contributed by atoms with Crippen LogP contribution < -0.4 is 14.2 Å². The maximum absolute atomic E-state index is 14.5. The molecule has 0 atom stereocenters. The highest BCUT2D eigenvalue weighted by Crippen LogP contribution is 2.30. The Balaban J connectivity index is 1.62. The number of halogens is 8. The topological polar surface area (TPSA) is 97.8 Å². The fourth-order valence-electron chi connectivity index (χ4n) is 2.77. The number of carbonyl (C=O) groups excluding carboxylic acids is 1. The highest BCUT2D eigenvalue weighted by Gasteiger charge is 2.50. The summed E-state index contributed by atoms with van der Waals surface area (Å²) >= 11 is 11.9. The van der Waals surface area contributed by atoms with Gasteiger partial charge in [0.25, 0.3) is 11.8 Å². The Bertz CT molecular complexity index is 1250. The summed E-state index contributed by atoms with van der Waals surface area (Å²) in [5, 5.41) is -0.347. The lowest BCUT2D eigenvalue weighted by Gasteiger charge is -2.37. The zero-order chi connectivity index (χ0) is 26.9. The number of carbonyl (C=O) groups is 1. The third-order valence-corrected chi connectivity index (χ3v) is 6.56. The summed E-state index contributed by atoms with van der Waals surface area (Å²) in [6, 6.07) is 2.81. The molecule has 0 aliphatic carbocycles. The molecule has 3 rings (SSSR count). The van der Waals surface area contributed by atoms with Gasteiger partial charge in [0.15, 0.2) is 0 Å². The van der Waals surface area contributed by atoms with E-state index in [-0.39, 0.29) is 33.8 Å². The first-order valence-corrected chi connectivity index (χ1v) is 11.9. The Morgan fingerprint density at radius 1 is 1.14 bits per heavy atom. The van der Waals surface area contributed by atoms with Crippen molar-refractivity contribution in [1.29, 1.82) is 0 Å². The lowest BCUT2D eigenvalue weighted by atomic mass is 10.1. The zero-order valence-corrected chi connectivity index (χ0v) is 20.0. The summed E-state index contributed by atoms with van der Waals surface area (Å²) in [7, 11) is -4.61. The van der Waals surface area contributed by atoms with Crippen LogP contribution in [0.25, 0.3) is 0 Å². The van der Waals surface area contributed by atoms with Crippen molar-refractivity contribution in [3.05, 3.63) is 51.4 Å². The van der Waals surface area contributed by atoms with Crippen LogP contribution in [0.2, 0.25) is 10.0 Å². The van der Waals surface area contributed by atoms with Gasteiger partial charge in [-0.1, -0.05) is 23.2 Å². The number of benzene rings is 1. The molecule has 0 radical (unpaired) electrons. The SMILES string of the molecule is O=C(NS(=O)(=O)N1CC(F)(F)C1)c1cc(Cl)c(COc2cnc(OCCC(F)(F)F)c(Cl)c2)cc1F. The summed E-state index contributed by atoms with van der Waals surface area (Å²) in [5.74, 6) is -6.05. The van der Waals surface area contributed by atoms with Crippen LogP contribution in [0, 0.1) is 5.82 Å². The molecule has 1 aromatic heterocycles. The van der Waals surface area contributed by atoms with Gasteiger partial charge in [-0.05, 0) is 12.1 Å². The van der Waals surface area contributed by atoms with E-state index >= 15 is 0 Å². The largest absolute Gasteiger partial charge is 0.487 e. The Hall–Kier alpha value is -2.49. The normalized spacial score (nSPS) is 15.8. The van der Waals surface area contributed by atoms with Crippen LogP contribution in [0.15, 0.2) is 24.4 Å². The van der Waals surface area contributed by atoms with Crippen LogP contribution in [-0.2, 0) is 16.8 Å². The molecule has 0 bridgehead atoms. The van der Waals surface area contributed by atoms with Crippen molar-refractivity contribution >= 4 is 39.3 Å². The molecule has 1 fully saturated rings. The van der Waals surface area contributed by atoms with Crippen molar-refractivity contribution in [3.63, 3.8) is 0 Å². The van der Waals surface area contributed by atoms with Gasteiger partial charge in [0.1, 0.15) is 23.2 Å². The van der Waals surface area contributed by atoms with Crippen molar-refractivity contribution < 1.29 is 49.0 Å². The summed E-state index contributed by atoms with van der Waals surface area (Å²) in [4.78, 5) is 15.9. The number of rotatable bonds is 9. The molecule has 0 saturated carbocycles. The molecule has 198 valence electrons. The van der Waals surface area contributed by atoms with Crippen LogP contribution in [0.4, 0.5) is 26.3 Å². The van der Waals surface area contributed by atoms with Crippen LogP contribution in [0.1, 0.15) is 22.3 Å². The second kappa shape index (κ2) is 10.5. The van der Waals surface area contributed by atoms with E-state index in [1.165, 1.54) is 10.8 Å². The minimum Gasteiger partial charge on any atom is -0.487 e. The second-order valence-electron chi connectivity index (χ2n) is 7.44. The van der Waals surface area contributed by atoms with E-state index in [9.17, 15) is 39.6 Å². The van der Waals surface area contributed by atoms with Crippen molar-refractivity contribution in [2.45, 2.75) is 25.1 Å². The monoisotopic (exact) mass is 581 g/mol. The predicted molar refractivity (Wildman–Crippen MR) is 114 cm³/mol. The van der Waals surface area contributed by atoms with Gasteiger partial charge in [-0.2, -0.15) is 25.9 Å². The molecule has 1 aliphatic heterocycles. The molecule has 0 unspecified atom stereocenters. The molecule has 36 heavy (non-hydrogen) atoms. The van der Waals surface area contributed by atoms with E-state index in [0.29, 0.717) is 4.31 Å². The maximum atomic E-state index is 14.5. The molecule has 2 heterocycles. The molecular weight excluding hydrogens is 567 g/mol. The zero-order valence-electron chi connectivity index (χ0n) is 17.7. The Morgan fingerprint density at radius 3 is 2.39 bits per heavy atom. The smallest absolute Gasteiger partial charge is 0.392 e. The minimum absolute atomic E-state index is 0.0255. The van der Waals surface area contributed by atoms with Crippen molar-refractivity contribution in [3.8, 4) is 11.6 Å². The number of alkyl halides is 5. The molecule has 0 spiro atoms. The molecule has 1 N–H and O–H groups in total. The summed E-state index contributed by atoms with van der Waals surface area (Å²) < 4.78 is 113. The first-order valence-electron chi connectivity index (χ1n) is 9.72. The maximum Gasteiger partial charge on any atom is 0.392 e. The lowest BCUT2D eigenvalue weighted by Crippen LogP contribution is -2.61. The number of nitrogens with zero attached hydrogens (tertiary/aromatic N) is 2. The van der Waals surface area contributed by atoms with E-state index in [1.54, 1.807) is 0 Å². The number of ether oxygens (including phenoxy) is 2. The van der Waals surface area contributed by atoms with Gasteiger partial charge >= 0.3 is 16.4 Å². The van der Waals surface area contributed by atoms with Crippen LogP contribution in [-0.4, -0.2) is 55.4 Å². The lowest BCUT2D eigenvalue weighted by molar-refractivity contribution is -0.139. The fraction of sp³-hybridized carbons (Fsp3) is 0.368. The van der Waals surface area contributed by atoms with Gasteiger partial charge < -0.3 is 9.47 Å². The van der Waals surface area contributed by atoms with Crippen LogP contribution in [0.3, 0.4) is 0 Å². The number of hydrogen-bond donors (Lipinski definition) is 1. The van der Waals surface area contributed by atoms with Gasteiger partial charge in [-0.25, -0.2) is 22.9 Å². The van der Waals surface area contributed by atoms with Crippen LogP contribution >= 0.6 is 23.2 Å². The number of pyridine rings is 1. The van der Waals surface area contributed by atoms with E-state index in [2.05, 4.69) is 4.98 Å². The van der Waals surface area contributed by atoms with Crippen LogP contribution in [0.5, 0.6) is 11.6 Å². The third kappa shape index (κ3) is 7.27. The van der Waals surface area contributed by atoms with Crippen molar-refractivity contribution in [2.75, 3.05) is 19.7 Å². The average Bonchev–Trinajstić information content (AvgIpc) is 2.72. The summed E-state index contributed by atoms with van der Waals surface area (Å²) in [5.41, 5.74) is -0.734. The Labute approximate surface area is 210 Å². The number of hydrogen-bond acceptors (Lipinski definition) is 6. The fourth-order valence-corrected chi connectivity index (χ4v) is 4.39. The number of nitrogens with one attached hydrogen (secondary N) is 1. The van der Waals surface area contributed by atoms with E-state index < -0.39 is 65.7 Å². The third-order valence-electron chi connectivity index (χ3n) is 4.56. The van der Waals surface area contributed by atoms with E-state index in [4.69, 9.17) is 32.7 Å². The minimum atomic E-state index is -4.61. The second-order valence-corrected chi connectivity index (χ2v) is 9.93. The van der Waals surface area contributed by atoms with Gasteiger partial charge in [0.05, 0.1) is 37.9 Å². The molecular formula is C19H15Cl2F6N3O5S.